The molecule has 0 saturated carbocycles. The van der Waals surface area contributed by atoms with Crippen molar-refractivity contribution in [2.75, 3.05) is 47.4 Å². The van der Waals surface area contributed by atoms with Gasteiger partial charge in [-0.3, -0.25) is 4.72 Å². The predicted octanol–water partition coefficient (Wildman–Crippen LogP) is 3.45. The number of carbonyl (C=O) groups excluding carboxylic acids is 1. The van der Waals surface area contributed by atoms with Crippen LogP contribution in [0.4, 0.5) is 21.9 Å². The number of hydrogen-bond acceptors (Lipinski definition) is 4. The lowest BCUT2D eigenvalue weighted by molar-refractivity contribution is 0.208. The van der Waals surface area contributed by atoms with Crippen molar-refractivity contribution in [2.24, 2.45) is 0 Å². The quantitative estimate of drug-likeness (QED) is 0.765. The first-order valence-electron chi connectivity index (χ1n) is 9.18. The van der Waals surface area contributed by atoms with Gasteiger partial charge in [-0.2, -0.15) is 0 Å². The molecule has 0 atom stereocenters. The van der Waals surface area contributed by atoms with Crippen LogP contribution in [0.2, 0.25) is 0 Å². The lowest BCUT2D eigenvalue weighted by atomic mass is 10.1. The summed E-state index contributed by atoms with van der Waals surface area (Å²) in [5.41, 5.74) is 4.87. The van der Waals surface area contributed by atoms with E-state index in [1.54, 1.807) is 29.2 Å². The third-order valence-corrected chi connectivity index (χ3v) is 5.53. The second-order valence-electron chi connectivity index (χ2n) is 7.07. The first-order chi connectivity index (χ1) is 13.2. The van der Waals surface area contributed by atoms with Crippen molar-refractivity contribution in [3.8, 4) is 0 Å². The molecule has 0 aliphatic carbocycles. The minimum absolute atomic E-state index is 0. The Morgan fingerprint density at radius 2 is 1.52 bits per heavy atom. The van der Waals surface area contributed by atoms with Gasteiger partial charge in [0.15, 0.2) is 0 Å². The number of anilines is 3. The molecular formula is C20H27ClN4O3S. The summed E-state index contributed by atoms with van der Waals surface area (Å²) in [7, 11) is -3.31. The Balaban J connectivity index is 0.00000300. The van der Waals surface area contributed by atoms with Gasteiger partial charge in [0.1, 0.15) is 0 Å². The Bertz CT molecular complexity index is 956. The van der Waals surface area contributed by atoms with Gasteiger partial charge in [0, 0.05) is 43.2 Å². The highest BCUT2D eigenvalue weighted by molar-refractivity contribution is 7.92. The normalized spacial score (nSPS) is 14.2. The molecule has 2 amide bonds. The molecule has 9 heteroatoms. The third kappa shape index (κ3) is 6.01. The van der Waals surface area contributed by atoms with Crippen molar-refractivity contribution in [1.82, 2.24) is 4.90 Å². The average Bonchev–Trinajstić information content (AvgIpc) is 2.64. The first-order valence-corrected chi connectivity index (χ1v) is 11.1. The molecule has 0 radical (unpaired) electrons. The zero-order chi connectivity index (χ0) is 20.3. The Morgan fingerprint density at radius 3 is 2.10 bits per heavy atom. The number of urea groups is 1. The predicted molar refractivity (Wildman–Crippen MR) is 121 cm³/mol. The minimum atomic E-state index is -3.31. The maximum atomic E-state index is 12.5. The molecule has 1 saturated heterocycles. The largest absolute Gasteiger partial charge is 0.368 e. The summed E-state index contributed by atoms with van der Waals surface area (Å²) in [5, 5.41) is 2.87. The summed E-state index contributed by atoms with van der Waals surface area (Å²) in [4.78, 5) is 16.6. The maximum absolute atomic E-state index is 12.5. The molecule has 1 aliphatic rings. The van der Waals surface area contributed by atoms with Gasteiger partial charge in [-0.05, 0) is 55.3 Å². The summed E-state index contributed by atoms with van der Waals surface area (Å²) >= 11 is 0. The van der Waals surface area contributed by atoms with E-state index in [1.807, 2.05) is 0 Å². The topological polar surface area (TPSA) is 81.8 Å². The van der Waals surface area contributed by atoms with Gasteiger partial charge in [-0.15, -0.1) is 12.4 Å². The van der Waals surface area contributed by atoms with E-state index < -0.39 is 10.0 Å². The summed E-state index contributed by atoms with van der Waals surface area (Å²) in [6.45, 7) is 7.11. The van der Waals surface area contributed by atoms with E-state index in [9.17, 15) is 13.2 Å². The van der Waals surface area contributed by atoms with Gasteiger partial charge < -0.3 is 15.1 Å². The lowest BCUT2D eigenvalue weighted by Crippen LogP contribution is -2.50. The van der Waals surface area contributed by atoms with Crippen molar-refractivity contribution in [1.29, 1.82) is 0 Å². The average molecular weight is 439 g/mol. The van der Waals surface area contributed by atoms with Gasteiger partial charge in [-0.1, -0.05) is 12.1 Å². The van der Waals surface area contributed by atoms with Crippen molar-refractivity contribution in [3.63, 3.8) is 0 Å². The summed E-state index contributed by atoms with van der Waals surface area (Å²) in [6, 6.07) is 12.8. The van der Waals surface area contributed by atoms with E-state index in [-0.39, 0.29) is 18.4 Å². The molecule has 1 heterocycles. The van der Waals surface area contributed by atoms with Crippen LogP contribution in [-0.4, -0.2) is 51.8 Å². The molecular weight excluding hydrogens is 412 g/mol. The van der Waals surface area contributed by atoms with Gasteiger partial charge in [0.25, 0.3) is 0 Å². The molecule has 0 bridgehead atoms. The fourth-order valence-electron chi connectivity index (χ4n) is 3.27. The Morgan fingerprint density at radius 1 is 0.931 bits per heavy atom. The molecule has 29 heavy (non-hydrogen) atoms. The molecule has 0 aromatic heterocycles. The van der Waals surface area contributed by atoms with Crippen molar-refractivity contribution >= 4 is 45.5 Å². The van der Waals surface area contributed by atoms with Crippen LogP contribution in [0.1, 0.15) is 11.1 Å². The highest BCUT2D eigenvalue weighted by Crippen LogP contribution is 2.24. The molecule has 2 aromatic carbocycles. The number of aryl methyl sites for hydroxylation is 1. The second kappa shape index (κ2) is 9.37. The van der Waals surface area contributed by atoms with E-state index in [0.717, 1.165) is 19.3 Å². The van der Waals surface area contributed by atoms with Crippen LogP contribution in [0, 0.1) is 13.8 Å². The van der Waals surface area contributed by atoms with Crippen LogP contribution < -0.4 is 14.9 Å². The van der Waals surface area contributed by atoms with Crippen LogP contribution in [0.15, 0.2) is 42.5 Å². The summed E-state index contributed by atoms with van der Waals surface area (Å²) in [6.07, 6.45) is 1.10. The molecule has 158 valence electrons. The maximum Gasteiger partial charge on any atom is 0.321 e. The molecule has 1 aliphatic heterocycles. The number of nitrogens with one attached hydrogen (secondary N) is 2. The first kappa shape index (κ1) is 22.8. The highest BCUT2D eigenvalue weighted by atomic mass is 35.5. The van der Waals surface area contributed by atoms with Crippen LogP contribution in [0.25, 0.3) is 0 Å². The highest BCUT2D eigenvalue weighted by Gasteiger charge is 2.22. The number of nitrogens with zero attached hydrogens (tertiary/aromatic N) is 2. The SMILES string of the molecule is Cc1cccc(N2CCN(C(=O)Nc3ccc(NS(C)(=O)=O)cc3)CC2)c1C.Cl. The number of rotatable bonds is 4. The fourth-order valence-corrected chi connectivity index (χ4v) is 3.83. The number of sulfonamides is 1. The zero-order valence-corrected chi connectivity index (χ0v) is 18.4. The van der Waals surface area contributed by atoms with Gasteiger partial charge in [0.05, 0.1) is 6.26 Å². The van der Waals surface area contributed by atoms with E-state index in [1.165, 1.54) is 16.8 Å². The van der Waals surface area contributed by atoms with Crippen LogP contribution >= 0.6 is 12.4 Å². The zero-order valence-electron chi connectivity index (χ0n) is 16.8. The Hall–Kier alpha value is -2.45. The Kier molecular flexibility index (Phi) is 7.37. The van der Waals surface area contributed by atoms with E-state index in [2.05, 4.69) is 47.0 Å². The van der Waals surface area contributed by atoms with Gasteiger partial charge in [0.2, 0.25) is 10.0 Å². The number of amides is 2. The van der Waals surface area contributed by atoms with Crippen molar-refractivity contribution < 1.29 is 13.2 Å². The summed E-state index contributed by atoms with van der Waals surface area (Å²) < 4.78 is 24.9. The molecule has 0 unspecified atom stereocenters. The molecule has 2 aromatic rings. The molecule has 3 rings (SSSR count). The van der Waals surface area contributed by atoms with Crippen LogP contribution in [-0.2, 0) is 10.0 Å². The molecule has 7 nitrogen and oxygen atoms in total. The van der Waals surface area contributed by atoms with E-state index in [0.29, 0.717) is 24.5 Å². The molecule has 0 spiro atoms. The van der Waals surface area contributed by atoms with Crippen LogP contribution in [0.5, 0.6) is 0 Å². The number of benzene rings is 2. The molecule has 1 fully saturated rings. The second-order valence-corrected chi connectivity index (χ2v) is 8.82. The smallest absolute Gasteiger partial charge is 0.321 e. The van der Waals surface area contributed by atoms with Crippen molar-refractivity contribution in [3.05, 3.63) is 53.6 Å². The number of hydrogen-bond donors (Lipinski definition) is 2. The molecule has 2 N–H and O–H groups in total. The van der Waals surface area contributed by atoms with Crippen LogP contribution in [0.3, 0.4) is 0 Å². The fraction of sp³-hybridized carbons (Fsp3) is 0.350. The third-order valence-electron chi connectivity index (χ3n) is 4.92. The monoisotopic (exact) mass is 438 g/mol. The number of halogens is 1. The van der Waals surface area contributed by atoms with Gasteiger partial charge in [-0.25, -0.2) is 13.2 Å². The lowest BCUT2D eigenvalue weighted by Gasteiger charge is -2.37. The van der Waals surface area contributed by atoms with Gasteiger partial charge >= 0.3 is 6.03 Å². The minimum Gasteiger partial charge on any atom is -0.368 e. The Labute approximate surface area is 178 Å². The van der Waals surface area contributed by atoms with Crippen molar-refractivity contribution in [2.45, 2.75) is 13.8 Å². The standard InChI is InChI=1S/C20H26N4O3S.ClH/c1-15-5-4-6-19(16(15)2)23-11-13-24(14-12-23)20(25)21-17-7-9-18(10-8-17)22-28(3,26)27;/h4-10,22H,11-14H2,1-3H3,(H,21,25);1H. The summed E-state index contributed by atoms with van der Waals surface area (Å²) in [5.74, 6) is 0. The number of piperazine rings is 1. The number of carbonyl (C=O) groups is 1. The van der Waals surface area contributed by atoms with E-state index >= 15 is 0 Å². The van der Waals surface area contributed by atoms with E-state index in [4.69, 9.17) is 0 Å².